The smallest absolute Gasteiger partial charge is 0.255 e. The second-order valence-electron chi connectivity index (χ2n) is 6.14. The van der Waals surface area contributed by atoms with Crippen molar-refractivity contribution >= 4 is 11.9 Å². The molecule has 0 saturated heterocycles. The number of rotatable bonds is 11. The van der Waals surface area contributed by atoms with Gasteiger partial charge in [-0.2, -0.15) is 0 Å². The van der Waals surface area contributed by atoms with Gasteiger partial charge in [0.1, 0.15) is 5.75 Å². The maximum absolute atomic E-state index is 10.8. The maximum Gasteiger partial charge on any atom is 0.255 e. The molecule has 1 amide bonds. The van der Waals surface area contributed by atoms with Gasteiger partial charge in [0, 0.05) is 12.6 Å². The Labute approximate surface area is 151 Å². The molecule has 0 aliphatic rings. The Morgan fingerprint density at radius 1 is 1.32 bits per heavy atom. The molecule has 1 atom stereocenters. The number of aliphatic imine (C=N–C) groups is 1. The van der Waals surface area contributed by atoms with Crippen LogP contribution in [0.1, 0.15) is 52.0 Å². The fraction of sp³-hybridized carbons (Fsp3) is 0.579. The van der Waals surface area contributed by atoms with Crippen LogP contribution in [-0.4, -0.2) is 31.1 Å². The molecule has 4 N–H and O–H groups in total. The third kappa shape index (κ3) is 9.59. The molecule has 0 aliphatic carbocycles. The Hall–Kier alpha value is -2.24. The Morgan fingerprint density at radius 3 is 2.80 bits per heavy atom. The minimum atomic E-state index is -0.487. The summed E-state index contributed by atoms with van der Waals surface area (Å²) in [6.45, 7) is 7.68. The average Bonchev–Trinajstić information content (AvgIpc) is 2.59. The highest BCUT2D eigenvalue weighted by Gasteiger charge is 2.05. The van der Waals surface area contributed by atoms with Crippen molar-refractivity contribution in [3.05, 3.63) is 29.8 Å². The highest BCUT2D eigenvalue weighted by Crippen LogP contribution is 2.14. The number of carbonyl (C=O) groups is 1. The predicted molar refractivity (Wildman–Crippen MR) is 103 cm³/mol. The fourth-order valence-corrected chi connectivity index (χ4v) is 2.38. The monoisotopic (exact) mass is 348 g/mol. The first-order valence-corrected chi connectivity index (χ1v) is 9.10. The minimum Gasteiger partial charge on any atom is -0.484 e. The molecule has 0 bridgehead atoms. The Morgan fingerprint density at radius 2 is 2.12 bits per heavy atom. The fourth-order valence-electron chi connectivity index (χ4n) is 2.38. The van der Waals surface area contributed by atoms with Crippen LogP contribution in [0.25, 0.3) is 0 Å². The first-order valence-electron chi connectivity index (χ1n) is 9.10. The highest BCUT2D eigenvalue weighted by atomic mass is 16.5. The summed E-state index contributed by atoms with van der Waals surface area (Å²) in [6, 6.07) is 7.93. The highest BCUT2D eigenvalue weighted by molar-refractivity contribution is 5.80. The molecule has 140 valence electrons. The lowest BCUT2D eigenvalue weighted by atomic mass is 10.1. The molecule has 0 radical (unpaired) electrons. The molecule has 1 aromatic rings. The van der Waals surface area contributed by atoms with Crippen LogP contribution < -0.4 is 21.1 Å². The third-order valence-corrected chi connectivity index (χ3v) is 3.67. The van der Waals surface area contributed by atoms with Gasteiger partial charge in [-0.3, -0.25) is 4.79 Å². The predicted octanol–water partition coefficient (Wildman–Crippen LogP) is 2.57. The Balaban J connectivity index is 2.61. The number of hydrogen-bond acceptors (Lipinski definition) is 3. The van der Waals surface area contributed by atoms with Crippen LogP contribution in [-0.2, 0) is 11.3 Å². The molecule has 1 unspecified atom stereocenters. The quantitative estimate of drug-likeness (QED) is 0.326. The summed E-state index contributed by atoms with van der Waals surface area (Å²) < 4.78 is 5.33. The number of benzene rings is 1. The number of unbranched alkanes of at least 4 members (excludes halogenated alkanes) is 2. The van der Waals surface area contributed by atoms with Gasteiger partial charge in [-0.1, -0.05) is 38.3 Å². The molecule has 0 aliphatic heterocycles. The van der Waals surface area contributed by atoms with Crippen LogP contribution in [0.2, 0.25) is 0 Å². The van der Waals surface area contributed by atoms with Crippen molar-refractivity contribution in [3.63, 3.8) is 0 Å². The van der Waals surface area contributed by atoms with Gasteiger partial charge < -0.3 is 21.1 Å². The van der Waals surface area contributed by atoms with E-state index in [1.54, 1.807) is 6.07 Å². The molecule has 25 heavy (non-hydrogen) atoms. The van der Waals surface area contributed by atoms with Gasteiger partial charge in [-0.25, -0.2) is 4.99 Å². The van der Waals surface area contributed by atoms with Gasteiger partial charge in [-0.15, -0.1) is 0 Å². The molecule has 0 heterocycles. The lowest BCUT2D eigenvalue weighted by molar-refractivity contribution is -0.119. The molecule has 0 spiro atoms. The molecule has 0 fully saturated rings. The summed E-state index contributed by atoms with van der Waals surface area (Å²) in [5.41, 5.74) is 6.11. The van der Waals surface area contributed by atoms with E-state index in [-0.39, 0.29) is 6.61 Å². The zero-order chi connectivity index (χ0) is 18.5. The van der Waals surface area contributed by atoms with Gasteiger partial charge in [0.15, 0.2) is 12.6 Å². The van der Waals surface area contributed by atoms with Gasteiger partial charge in [0.2, 0.25) is 0 Å². The topological polar surface area (TPSA) is 88.7 Å². The molecule has 1 rings (SSSR count). The van der Waals surface area contributed by atoms with E-state index in [1.165, 1.54) is 19.3 Å². The van der Waals surface area contributed by atoms with E-state index >= 15 is 0 Å². The second-order valence-corrected chi connectivity index (χ2v) is 6.14. The summed E-state index contributed by atoms with van der Waals surface area (Å²) >= 11 is 0. The molecular weight excluding hydrogens is 316 g/mol. The lowest BCUT2D eigenvalue weighted by Gasteiger charge is -2.17. The largest absolute Gasteiger partial charge is 0.484 e. The number of nitrogens with zero attached hydrogens (tertiary/aromatic N) is 1. The zero-order valence-electron chi connectivity index (χ0n) is 15.7. The van der Waals surface area contributed by atoms with Crippen LogP contribution in [0.4, 0.5) is 0 Å². The van der Waals surface area contributed by atoms with E-state index in [0.29, 0.717) is 18.3 Å². The van der Waals surface area contributed by atoms with Gasteiger partial charge in [0.25, 0.3) is 5.91 Å². The number of carbonyl (C=O) groups excluding carboxylic acids is 1. The number of primary amides is 1. The number of nitrogens with two attached hydrogens (primary N) is 1. The van der Waals surface area contributed by atoms with Crippen LogP contribution >= 0.6 is 0 Å². The lowest BCUT2D eigenvalue weighted by Crippen LogP contribution is -2.42. The number of nitrogens with one attached hydrogen (secondary N) is 2. The summed E-state index contributed by atoms with van der Waals surface area (Å²) in [6.07, 6.45) is 4.85. The van der Waals surface area contributed by atoms with E-state index in [4.69, 9.17) is 10.5 Å². The number of ether oxygens (including phenoxy) is 1. The number of guanidine groups is 1. The van der Waals surface area contributed by atoms with Crippen molar-refractivity contribution in [2.24, 2.45) is 10.7 Å². The number of amides is 1. The first-order chi connectivity index (χ1) is 12.0. The molecule has 1 aromatic carbocycles. The maximum atomic E-state index is 10.8. The van der Waals surface area contributed by atoms with E-state index in [1.807, 2.05) is 18.2 Å². The van der Waals surface area contributed by atoms with Crippen LogP contribution in [0.15, 0.2) is 29.3 Å². The Kier molecular flexibility index (Phi) is 10.1. The summed E-state index contributed by atoms with van der Waals surface area (Å²) in [5.74, 6) is 0.950. The van der Waals surface area contributed by atoms with Gasteiger partial charge in [-0.05, 0) is 38.0 Å². The third-order valence-electron chi connectivity index (χ3n) is 3.67. The second kappa shape index (κ2) is 12.2. The SMILES string of the molecule is CCCCCC(C)NC(=NCc1cccc(OCC(N)=O)c1)NCC. The van der Waals surface area contributed by atoms with E-state index in [9.17, 15) is 4.79 Å². The molecule has 6 heteroatoms. The van der Waals surface area contributed by atoms with E-state index in [0.717, 1.165) is 24.5 Å². The van der Waals surface area contributed by atoms with E-state index < -0.39 is 5.91 Å². The zero-order valence-corrected chi connectivity index (χ0v) is 15.7. The summed E-state index contributed by atoms with van der Waals surface area (Å²) in [7, 11) is 0. The summed E-state index contributed by atoms with van der Waals surface area (Å²) in [5, 5.41) is 6.72. The van der Waals surface area contributed by atoms with Crippen molar-refractivity contribution < 1.29 is 9.53 Å². The van der Waals surface area contributed by atoms with Crippen molar-refractivity contribution in [1.29, 1.82) is 0 Å². The van der Waals surface area contributed by atoms with Crippen LogP contribution in [0.5, 0.6) is 5.75 Å². The standard InChI is InChI=1S/C19H32N4O2/c1-4-6-7-9-15(3)23-19(21-5-2)22-13-16-10-8-11-17(12-16)25-14-18(20)24/h8,10-12,15H,4-7,9,13-14H2,1-3H3,(H2,20,24)(H2,21,22,23). The molecule has 0 aromatic heterocycles. The molecular formula is C19H32N4O2. The molecule has 6 nitrogen and oxygen atoms in total. The van der Waals surface area contributed by atoms with Crippen LogP contribution in [0, 0.1) is 0 Å². The molecule has 0 saturated carbocycles. The van der Waals surface area contributed by atoms with Gasteiger partial charge >= 0.3 is 0 Å². The van der Waals surface area contributed by atoms with E-state index in [2.05, 4.69) is 36.4 Å². The minimum absolute atomic E-state index is 0.119. The normalized spacial score (nSPS) is 12.5. The first kappa shape index (κ1) is 20.8. The Bertz CT molecular complexity index is 546. The van der Waals surface area contributed by atoms with Gasteiger partial charge in [0.05, 0.1) is 6.54 Å². The summed E-state index contributed by atoms with van der Waals surface area (Å²) in [4.78, 5) is 15.4. The van der Waals surface area contributed by atoms with Crippen molar-refractivity contribution in [2.75, 3.05) is 13.2 Å². The van der Waals surface area contributed by atoms with Crippen molar-refractivity contribution in [2.45, 2.75) is 59.0 Å². The van der Waals surface area contributed by atoms with Crippen molar-refractivity contribution in [1.82, 2.24) is 10.6 Å². The van der Waals surface area contributed by atoms with Crippen molar-refractivity contribution in [3.8, 4) is 5.75 Å². The number of hydrogen-bond donors (Lipinski definition) is 3. The average molecular weight is 348 g/mol. The van der Waals surface area contributed by atoms with Crippen LogP contribution in [0.3, 0.4) is 0 Å².